The highest BCUT2D eigenvalue weighted by Crippen LogP contribution is 2.65. The van der Waals surface area contributed by atoms with Crippen LogP contribution in [0.25, 0.3) is 0 Å². The molecule has 0 bridgehead atoms. The van der Waals surface area contributed by atoms with E-state index in [4.69, 9.17) is 5.73 Å². The number of urea groups is 1. The summed E-state index contributed by atoms with van der Waals surface area (Å²) in [5.41, 5.74) is 3.50. The number of nitrogens with two attached hydrogens (primary N) is 1. The molecule has 3 saturated carbocycles. The Morgan fingerprint density at radius 3 is 2.18 bits per heavy atom. The van der Waals surface area contributed by atoms with Gasteiger partial charge in [-0.3, -0.25) is 19.2 Å². The van der Waals surface area contributed by atoms with E-state index in [0.29, 0.717) is 25.8 Å². The maximum absolute atomic E-state index is 14.4. The third-order valence-electron chi connectivity index (χ3n) is 11.5. The highest BCUT2D eigenvalue weighted by molar-refractivity contribution is 7.89. The number of likely N-dealkylation sites (tertiary alicyclic amines) is 1. The number of ketones is 1. The zero-order valence-corrected chi connectivity index (χ0v) is 31.0. The minimum atomic E-state index is -3.81. The maximum atomic E-state index is 14.4. The molecule has 0 aromatic heterocycles. The third kappa shape index (κ3) is 7.85. The van der Waals surface area contributed by atoms with E-state index in [2.05, 4.69) is 16.0 Å². The van der Waals surface area contributed by atoms with E-state index in [-0.39, 0.29) is 34.6 Å². The number of hydrogen-bond donors (Lipinski definition) is 4. The van der Waals surface area contributed by atoms with Crippen molar-refractivity contribution >= 4 is 39.6 Å². The summed E-state index contributed by atoms with van der Waals surface area (Å²) in [6.45, 7) is 9.97. The molecule has 1 aromatic carbocycles. The molecule has 1 aromatic rings. The first-order valence-corrected chi connectivity index (χ1v) is 19.3. The lowest BCUT2D eigenvalue weighted by Gasteiger charge is -2.42. The summed E-state index contributed by atoms with van der Waals surface area (Å²) in [6.07, 6.45) is 5.87. The average molecular weight is 715 g/mol. The molecule has 4 aliphatic rings. The van der Waals surface area contributed by atoms with Crippen LogP contribution in [0.15, 0.2) is 35.2 Å². The van der Waals surface area contributed by atoms with Gasteiger partial charge in [0.15, 0.2) is 0 Å². The van der Waals surface area contributed by atoms with Crippen LogP contribution in [0.5, 0.6) is 0 Å². The van der Waals surface area contributed by atoms with Crippen molar-refractivity contribution in [1.82, 2.24) is 25.2 Å². The van der Waals surface area contributed by atoms with Crippen LogP contribution in [0.2, 0.25) is 0 Å². The fourth-order valence-corrected chi connectivity index (χ4v) is 9.50. The van der Waals surface area contributed by atoms with E-state index in [1.807, 2.05) is 34.6 Å². The lowest BCUT2D eigenvalue weighted by atomic mass is 9.81. The molecule has 0 radical (unpaired) electrons. The molecule has 5 rings (SSSR count). The molecule has 0 spiro atoms. The molecular formula is C36H54N6O7S. The standard InChI is InChI=1S/C36H54N6O7S/c1-34(2,3)29(39-33(47)40-36(17-11-8-12-18-36)21-41(6)50(48,49)23-13-9-7-10-14-23)32(46)42-20-24-26(35(24,4)5)27(42)31(45)38-25(19-22-15-16-22)28(43)30(37)44/h7,9-10,13-14,22,24-27,29H,8,11-12,15-21H2,1-6H3,(H2,37,44)(H,38,45)(H2,39,40,47)/t24-,25?,26-,27-,29+/m0/s1. The van der Waals surface area contributed by atoms with Gasteiger partial charge in [0, 0.05) is 20.1 Å². The maximum Gasteiger partial charge on any atom is 0.315 e. The molecule has 50 heavy (non-hydrogen) atoms. The van der Waals surface area contributed by atoms with Crippen molar-refractivity contribution in [2.75, 3.05) is 20.1 Å². The minimum absolute atomic E-state index is 0.0537. The van der Waals surface area contributed by atoms with Crippen LogP contribution < -0.4 is 21.7 Å². The first-order chi connectivity index (χ1) is 23.3. The number of hydrogen-bond acceptors (Lipinski definition) is 7. The quantitative estimate of drug-likeness (QED) is 0.226. The number of primary amides is 1. The fourth-order valence-electron chi connectivity index (χ4n) is 8.22. The molecule has 4 fully saturated rings. The van der Waals surface area contributed by atoms with Gasteiger partial charge in [0.25, 0.3) is 5.91 Å². The van der Waals surface area contributed by atoms with Crippen molar-refractivity contribution in [3.63, 3.8) is 0 Å². The smallest absolute Gasteiger partial charge is 0.315 e. The molecular weight excluding hydrogens is 660 g/mol. The van der Waals surface area contributed by atoms with Crippen LogP contribution in [-0.2, 0) is 29.2 Å². The number of nitrogens with zero attached hydrogens (tertiary/aromatic N) is 2. The van der Waals surface area contributed by atoms with Crippen LogP contribution in [0.4, 0.5) is 4.79 Å². The largest absolute Gasteiger partial charge is 0.363 e. The van der Waals surface area contributed by atoms with E-state index in [1.54, 1.807) is 30.3 Å². The molecule has 14 heteroatoms. The van der Waals surface area contributed by atoms with E-state index in [1.165, 1.54) is 16.3 Å². The number of benzene rings is 1. The Kier molecular flexibility index (Phi) is 10.5. The van der Waals surface area contributed by atoms with Crippen molar-refractivity contribution in [2.45, 2.75) is 115 Å². The zero-order valence-electron chi connectivity index (χ0n) is 30.2. The van der Waals surface area contributed by atoms with Crippen LogP contribution in [-0.4, -0.2) is 91.0 Å². The van der Waals surface area contributed by atoms with E-state index >= 15 is 0 Å². The van der Waals surface area contributed by atoms with E-state index < -0.39 is 68.6 Å². The van der Waals surface area contributed by atoms with Crippen molar-refractivity contribution in [3.05, 3.63) is 30.3 Å². The number of fused-ring (bicyclic) bond motifs is 1. The Labute approximate surface area is 295 Å². The van der Waals surface area contributed by atoms with Crippen LogP contribution in [0.1, 0.15) is 86.0 Å². The van der Waals surface area contributed by atoms with Gasteiger partial charge in [-0.15, -0.1) is 0 Å². The highest BCUT2D eigenvalue weighted by atomic mass is 32.2. The molecule has 5 atom stereocenters. The number of Topliss-reactive ketones (excluding diaryl/α,β-unsaturated/α-hetero) is 1. The Bertz CT molecular complexity index is 1600. The number of piperidine rings is 1. The van der Waals surface area contributed by atoms with Crippen LogP contribution in [0.3, 0.4) is 0 Å². The van der Waals surface area contributed by atoms with Crippen molar-refractivity contribution < 1.29 is 32.4 Å². The van der Waals surface area contributed by atoms with Crippen LogP contribution in [0, 0.1) is 28.6 Å². The third-order valence-corrected chi connectivity index (χ3v) is 13.3. The molecule has 1 unspecified atom stereocenters. The summed E-state index contributed by atoms with van der Waals surface area (Å²) < 4.78 is 28.1. The van der Waals surface area contributed by atoms with Gasteiger partial charge in [0.2, 0.25) is 27.6 Å². The Morgan fingerprint density at radius 1 is 1.00 bits per heavy atom. The van der Waals surface area contributed by atoms with E-state index in [0.717, 1.165) is 32.1 Å². The van der Waals surface area contributed by atoms with Gasteiger partial charge in [-0.25, -0.2) is 13.2 Å². The van der Waals surface area contributed by atoms with Gasteiger partial charge in [-0.1, -0.05) is 84.9 Å². The lowest BCUT2D eigenvalue weighted by molar-refractivity contribution is -0.145. The Hall–Kier alpha value is -3.52. The second-order valence-corrected chi connectivity index (χ2v) is 18.7. The predicted octanol–water partition coefficient (Wildman–Crippen LogP) is 2.55. The number of carbonyl (C=O) groups is 5. The second-order valence-electron chi connectivity index (χ2n) is 16.7. The van der Waals surface area contributed by atoms with Crippen molar-refractivity contribution in [2.24, 2.45) is 34.3 Å². The molecule has 1 heterocycles. The average Bonchev–Trinajstić information content (AvgIpc) is 3.90. The van der Waals surface area contributed by atoms with Gasteiger partial charge >= 0.3 is 6.03 Å². The van der Waals surface area contributed by atoms with Gasteiger partial charge < -0.3 is 26.6 Å². The van der Waals surface area contributed by atoms with Gasteiger partial charge in [0.05, 0.1) is 16.5 Å². The number of sulfonamides is 1. The molecule has 13 nitrogen and oxygen atoms in total. The number of carbonyl (C=O) groups excluding carboxylic acids is 5. The minimum Gasteiger partial charge on any atom is -0.363 e. The zero-order chi connectivity index (χ0) is 36.8. The molecule has 5 N–H and O–H groups in total. The van der Waals surface area contributed by atoms with E-state index in [9.17, 15) is 32.4 Å². The summed E-state index contributed by atoms with van der Waals surface area (Å²) in [7, 11) is -2.30. The SMILES string of the molecule is CN(CC1(NC(=O)N[C@H](C(=O)N2C[C@H]3[C@@H]([C@H]2C(=O)NC(CC2CC2)C(=O)C(N)=O)C3(C)C)C(C)(C)C)CCCCC1)S(=O)(=O)c1ccccc1. The normalized spacial score (nSPS) is 25.2. The summed E-state index contributed by atoms with van der Waals surface area (Å²) in [5.74, 6) is -2.75. The number of nitrogens with one attached hydrogen (secondary N) is 3. The predicted molar refractivity (Wildman–Crippen MR) is 187 cm³/mol. The second kappa shape index (κ2) is 13.9. The number of rotatable bonds is 13. The molecule has 276 valence electrons. The van der Waals surface area contributed by atoms with Gasteiger partial charge in [-0.2, -0.15) is 4.31 Å². The summed E-state index contributed by atoms with van der Waals surface area (Å²) in [5, 5.41) is 8.77. The van der Waals surface area contributed by atoms with Crippen molar-refractivity contribution in [1.29, 1.82) is 0 Å². The number of likely N-dealkylation sites (N-methyl/N-ethyl adjacent to an activating group) is 1. The van der Waals surface area contributed by atoms with Crippen molar-refractivity contribution in [3.8, 4) is 0 Å². The molecule has 1 aliphatic heterocycles. The fraction of sp³-hybridized carbons (Fsp3) is 0.694. The topological polar surface area (TPSA) is 188 Å². The molecule has 3 aliphatic carbocycles. The Morgan fingerprint density at radius 2 is 1.62 bits per heavy atom. The number of amides is 5. The summed E-state index contributed by atoms with van der Waals surface area (Å²) in [4.78, 5) is 68.4. The first-order valence-electron chi connectivity index (χ1n) is 17.8. The van der Waals surface area contributed by atoms with Gasteiger partial charge in [0.1, 0.15) is 12.1 Å². The Balaban J connectivity index is 1.33. The summed E-state index contributed by atoms with van der Waals surface area (Å²) in [6, 6.07) is 4.60. The first kappa shape index (κ1) is 37.7. The van der Waals surface area contributed by atoms with Gasteiger partial charge in [-0.05, 0) is 60.0 Å². The lowest BCUT2D eigenvalue weighted by Crippen LogP contribution is -2.64. The molecule has 5 amide bonds. The molecule has 1 saturated heterocycles. The monoisotopic (exact) mass is 714 g/mol. The van der Waals surface area contributed by atoms with Crippen LogP contribution >= 0.6 is 0 Å². The summed E-state index contributed by atoms with van der Waals surface area (Å²) >= 11 is 0. The highest BCUT2D eigenvalue weighted by Gasteiger charge is 2.70.